The second kappa shape index (κ2) is 4.55. The first-order chi connectivity index (χ1) is 6.61. The third-order valence-corrected chi connectivity index (χ3v) is 2.79. The number of amides is 1. The quantitative estimate of drug-likeness (QED) is 0.625. The first kappa shape index (κ1) is 11.2. The van der Waals surface area contributed by atoms with Crippen LogP contribution >= 0.6 is 0 Å². The molecule has 1 saturated heterocycles. The predicted molar refractivity (Wildman–Crippen MR) is 53.8 cm³/mol. The SMILES string of the molecule is C=CC(=O)N1CC[C@@H](N(C)C)[C@H]1CF. The number of hydrogen-bond donors (Lipinski definition) is 0. The van der Waals surface area contributed by atoms with E-state index in [4.69, 9.17) is 0 Å². The van der Waals surface area contributed by atoms with E-state index in [9.17, 15) is 9.18 Å². The monoisotopic (exact) mass is 200 g/mol. The molecule has 0 saturated carbocycles. The highest BCUT2D eigenvalue weighted by molar-refractivity contribution is 5.87. The average Bonchev–Trinajstić information content (AvgIpc) is 2.59. The smallest absolute Gasteiger partial charge is 0.246 e. The van der Waals surface area contributed by atoms with Crippen LogP contribution in [0.3, 0.4) is 0 Å². The maximum absolute atomic E-state index is 12.8. The highest BCUT2D eigenvalue weighted by Gasteiger charge is 2.37. The third-order valence-electron chi connectivity index (χ3n) is 2.79. The van der Waals surface area contributed by atoms with Crippen LogP contribution in [-0.2, 0) is 4.79 Å². The van der Waals surface area contributed by atoms with E-state index in [1.807, 2.05) is 19.0 Å². The van der Waals surface area contributed by atoms with Crippen molar-refractivity contribution in [2.24, 2.45) is 0 Å². The molecule has 1 rings (SSSR count). The van der Waals surface area contributed by atoms with E-state index in [2.05, 4.69) is 6.58 Å². The number of rotatable bonds is 3. The van der Waals surface area contributed by atoms with Crippen molar-refractivity contribution >= 4 is 5.91 Å². The Morgan fingerprint density at radius 3 is 2.79 bits per heavy atom. The summed E-state index contributed by atoms with van der Waals surface area (Å²) in [6, 6.07) is -0.181. The Morgan fingerprint density at radius 2 is 2.36 bits per heavy atom. The molecule has 2 atom stereocenters. The van der Waals surface area contributed by atoms with Gasteiger partial charge in [0.25, 0.3) is 0 Å². The molecule has 1 amide bonds. The molecule has 0 aromatic carbocycles. The standard InChI is InChI=1S/C10H17FN2O/c1-4-10(14)13-6-5-8(12(2)3)9(13)7-11/h4,8-9H,1,5-7H2,2-3H3/t8-,9-/m1/s1. The van der Waals surface area contributed by atoms with Gasteiger partial charge in [-0.3, -0.25) is 4.79 Å². The normalized spacial score (nSPS) is 27.0. The van der Waals surface area contributed by atoms with E-state index < -0.39 is 6.67 Å². The van der Waals surface area contributed by atoms with Gasteiger partial charge in [-0.2, -0.15) is 0 Å². The Labute approximate surface area is 84.2 Å². The number of likely N-dealkylation sites (tertiary alicyclic amines) is 1. The summed E-state index contributed by atoms with van der Waals surface area (Å²) >= 11 is 0. The molecule has 0 radical (unpaired) electrons. The van der Waals surface area contributed by atoms with E-state index in [0.717, 1.165) is 6.42 Å². The Balaban J connectivity index is 2.73. The fourth-order valence-electron chi connectivity index (χ4n) is 2.02. The second-order valence-electron chi connectivity index (χ2n) is 3.78. The van der Waals surface area contributed by atoms with Gasteiger partial charge in [0.05, 0.1) is 6.04 Å². The van der Waals surface area contributed by atoms with Crippen LogP contribution < -0.4 is 0 Å². The number of alkyl halides is 1. The fraction of sp³-hybridized carbons (Fsp3) is 0.700. The highest BCUT2D eigenvalue weighted by atomic mass is 19.1. The predicted octanol–water partition coefficient (Wildman–Crippen LogP) is 0.673. The van der Waals surface area contributed by atoms with Gasteiger partial charge in [-0.25, -0.2) is 4.39 Å². The van der Waals surface area contributed by atoms with Crippen LogP contribution in [0.4, 0.5) is 4.39 Å². The van der Waals surface area contributed by atoms with E-state index in [1.165, 1.54) is 6.08 Å². The third kappa shape index (κ3) is 1.95. The number of halogens is 1. The number of carbonyl (C=O) groups excluding carboxylic acids is 1. The molecule has 1 heterocycles. The zero-order chi connectivity index (χ0) is 10.7. The number of hydrogen-bond acceptors (Lipinski definition) is 2. The summed E-state index contributed by atoms with van der Waals surface area (Å²) in [4.78, 5) is 14.9. The Bertz CT molecular complexity index is 230. The summed E-state index contributed by atoms with van der Waals surface area (Å²) in [5, 5.41) is 0. The minimum Gasteiger partial charge on any atom is -0.332 e. The van der Waals surface area contributed by atoms with Gasteiger partial charge >= 0.3 is 0 Å². The summed E-state index contributed by atoms with van der Waals surface area (Å²) < 4.78 is 12.8. The van der Waals surface area contributed by atoms with Crippen molar-refractivity contribution < 1.29 is 9.18 Å². The maximum atomic E-state index is 12.8. The van der Waals surface area contributed by atoms with Gasteiger partial charge in [-0.05, 0) is 26.6 Å². The molecule has 3 nitrogen and oxygen atoms in total. The zero-order valence-corrected chi connectivity index (χ0v) is 8.74. The van der Waals surface area contributed by atoms with Crippen LogP contribution in [0.25, 0.3) is 0 Å². The number of likely N-dealkylation sites (N-methyl/N-ethyl adjacent to an activating group) is 1. The van der Waals surface area contributed by atoms with Gasteiger partial charge in [-0.1, -0.05) is 6.58 Å². The Hall–Kier alpha value is -0.900. The van der Waals surface area contributed by atoms with Crippen molar-refractivity contribution in [3.05, 3.63) is 12.7 Å². The topological polar surface area (TPSA) is 23.6 Å². The van der Waals surface area contributed by atoms with Crippen molar-refractivity contribution in [1.29, 1.82) is 0 Å². The van der Waals surface area contributed by atoms with Gasteiger partial charge in [0, 0.05) is 12.6 Å². The van der Waals surface area contributed by atoms with Crippen molar-refractivity contribution in [3.63, 3.8) is 0 Å². The number of carbonyl (C=O) groups is 1. The molecule has 1 fully saturated rings. The summed E-state index contributed by atoms with van der Waals surface area (Å²) in [6.45, 7) is 3.56. The van der Waals surface area contributed by atoms with Crippen molar-refractivity contribution in [1.82, 2.24) is 9.80 Å². The largest absolute Gasteiger partial charge is 0.332 e. The highest BCUT2D eigenvalue weighted by Crippen LogP contribution is 2.22. The zero-order valence-electron chi connectivity index (χ0n) is 8.74. The minimum absolute atomic E-state index is 0.129. The van der Waals surface area contributed by atoms with Crippen LogP contribution in [0.1, 0.15) is 6.42 Å². The lowest BCUT2D eigenvalue weighted by atomic mass is 10.1. The minimum atomic E-state index is -0.484. The first-order valence-corrected chi connectivity index (χ1v) is 4.77. The van der Waals surface area contributed by atoms with Crippen molar-refractivity contribution in [2.45, 2.75) is 18.5 Å². The van der Waals surface area contributed by atoms with Gasteiger partial charge in [0.2, 0.25) is 5.91 Å². The molecule has 4 heteroatoms. The van der Waals surface area contributed by atoms with Crippen LogP contribution in [0, 0.1) is 0 Å². The number of nitrogens with zero attached hydrogens (tertiary/aromatic N) is 2. The van der Waals surface area contributed by atoms with Gasteiger partial charge in [0.1, 0.15) is 6.67 Å². The lowest BCUT2D eigenvalue weighted by Crippen LogP contribution is -2.45. The van der Waals surface area contributed by atoms with Gasteiger partial charge in [0.15, 0.2) is 0 Å². The molecule has 0 aliphatic carbocycles. The molecular weight excluding hydrogens is 183 g/mol. The summed E-state index contributed by atoms with van der Waals surface area (Å²) in [6.07, 6.45) is 2.09. The van der Waals surface area contributed by atoms with E-state index >= 15 is 0 Å². The van der Waals surface area contributed by atoms with Crippen LogP contribution in [0.5, 0.6) is 0 Å². The molecule has 0 bridgehead atoms. The summed E-state index contributed by atoms with van der Waals surface area (Å²) in [5.41, 5.74) is 0. The second-order valence-corrected chi connectivity index (χ2v) is 3.78. The molecule has 1 aliphatic heterocycles. The van der Waals surface area contributed by atoms with Crippen LogP contribution in [0.15, 0.2) is 12.7 Å². The molecule has 80 valence electrons. The average molecular weight is 200 g/mol. The molecule has 0 N–H and O–H groups in total. The van der Waals surface area contributed by atoms with E-state index in [1.54, 1.807) is 4.90 Å². The van der Waals surface area contributed by atoms with Gasteiger partial charge < -0.3 is 9.80 Å². The van der Waals surface area contributed by atoms with Crippen LogP contribution in [-0.4, -0.2) is 55.1 Å². The molecule has 14 heavy (non-hydrogen) atoms. The molecule has 0 unspecified atom stereocenters. The molecular formula is C10H17FN2O. The lowest BCUT2D eigenvalue weighted by molar-refractivity contribution is -0.127. The van der Waals surface area contributed by atoms with E-state index in [0.29, 0.717) is 6.54 Å². The fourth-order valence-corrected chi connectivity index (χ4v) is 2.02. The molecule has 0 spiro atoms. The molecule has 0 aromatic heterocycles. The maximum Gasteiger partial charge on any atom is 0.246 e. The lowest BCUT2D eigenvalue weighted by Gasteiger charge is -2.28. The van der Waals surface area contributed by atoms with Gasteiger partial charge in [-0.15, -0.1) is 0 Å². The summed E-state index contributed by atoms with van der Waals surface area (Å²) in [5.74, 6) is -0.169. The van der Waals surface area contributed by atoms with Crippen molar-refractivity contribution in [2.75, 3.05) is 27.3 Å². The summed E-state index contributed by atoms with van der Waals surface area (Å²) in [7, 11) is 3.82. The Kier molecular flexibility index (Phi) is 3.63. The van der Waals surface area contributed by atoms with Crippen LogP contribution in [0.2, 0.25) is 0 Å². The molecule has 0 aromatic rings. The van der Waals surface area contributed by atoms with Crippen molar-refractivity contribution in [3.8, 4) is 0 Å². The van der Waals surface area contributed by atoms with E-state index in [-0.39, 0.29) is 18.0 Å². The molecule has 1 aliphatic rings. The Morgan fingerprint density at radius 1 is 1.71 bits per heavy atom. The first-order valence-electron chi connectivity index (χ1n) is 4.77.